The fourth-order valence-corrected chi connectivity index (χ4v) is 5.55. The lowest BCUT2D eigenvalue weighted by atomic mass is 9.88. The molecule has 0 saturated heterocycles. The topological polar surface area (TPSA) is 85.8 Å². The molecule has 4 aromatic rings. The first-order valence-corrected chi connectivity index (χ1v) is 13.2. The van der Waals surface area contributed by atoms with E-state index >= 15 is 0 Å². The highest BCUT2D eigenvalue weighted by Crippen LogP contribution is 2.41. The Bertz CT molecular complexity index is 1760. The summed E-state index contributed by atoms with van der Waals surface area (Å²) in [6, 6.07) is 18.1. The van der Waals surface area contributed by atoms with Gasteiger partial charge in [0.1, 0.15) is 11.7 Å². The largest absolute Gasteiger partial charge is 0.360 e. The smallest absolute Gasteiger partial charge is 0.262 e. The molecule has 0 saturated carbocycles. The number of carbonyl (C=O) groups is 3. The van der Waals surface area contributed by atoms with Crippen molar-refractivity contribution in [2.75, 3.05) is 5.01 Å². The zero-order valence-corrected chi connectivity index (χ0v) is 22.5. The SMILES string of the molecule is CCc1cccc2c(C3=C([C@H]4C(=O)N(c5ccc(Cl)cc5)N=C4C)C(=O)N(Cc4ccc(F)cc4)C3=O)c[nH]c12. The molecule has 200 valence electrons. The third-order valence-electron chi connectivity index (χ3n) is 7.40. The number of aryl methyl sites for hydroxylation is 1. The van der Waals surface area contributed by atoms with Crippen molar-refractivity contribution in [1.29, 1.82) is 0 Å². The Labute approximate surface area is 234 Å². The number of H-pyrrole nitrogens is 1. The maximum Gasteiger partial charge on any atom is 0.262 e. The fraction of sp³-hybridized carbons (Fsp3) is 0.161. The van der Waals surface area contributed by atoms with Crippen LogP contribution in [-0.2, 0) is 27.3 Å². The number of amides is 3. The molecule has 3 aromatic carbocycles. The van der Waals surface area contributed by atoms with Crippen molar-refractivity contribution in [2.45, 2.75) is 26.8 Å². The van der Waals surface area contributed by atoms with Gasteiger partial charge in [0, 0.05) is 33.3 Å². The summed E-state index contributed by atoms with van der Waals surface area (Å²) in [5.74, 6) is -3.00. The summed E-state index contributed by atoms with van der Waals surface area (Å²) >= 11 is 6.03. The Balaban J connectivity index is 1.49. The van der Waals surface area contributed by atoms with Crippen LogP contribution in [0.25, 0.3) is 16.5 Å². The van der Waals surface area contributed by atoms with Crippen molar-refractivity contribution in [3.63, 3.8) is 0 Å². The summed E-state index contributed by atoms with van der Waals surface area (Å²) in [5, 5.41) is 7.01. The summed E-state index contributed by atoms with van der Waals surface area (Å²) in [5.41, 5.74) is 4.21. The van der Waals surface area contributed by atoms with E-state index in [1.54, 1.807) is 37.4 Å². The van der Waals surface area contributed by atoms with Crippen LogP contribution in [0.2, 0.25) is 5.02 Å². The summed E-state index contributed by atoms with van der Waals surface area (Å²) in [4.78, 5) is 46.3. The number of fused-ring (bicyclic) bond motifs is 1. The second-order valence-electron chi connectivity index (χ2n) is 9.81. The first kappa shape index (κ1) is 25.7. The van der Waals surface area contributed by atoms with Gasteiger partial charge in [-0.05, 0) is 60.9 Å². The minimum absolute atomic E-state index is 0.0640. The number of nitrogens with one attached hydrogen (secondary N) is 1. The normalized spacial score (nSPS) is 17.6. The molecule has 9 heteroatoms. The molecule has 0 unspecified atom stereocenters. The van der Waals surface area contributed by atoms with Crippen LogP contribution in [0.15, 0.2) is 83.6 Å². The van der Waals surface area contributed by atoms with Crippen LogP contribution in [0.3, 0.4) is 0 Å². The van der Waals surface area contributed by atoms with Crippen molar-refractivity contribution < 1.29 is 18.8 Å². The fourth-order valence-electron chi connectivity index (χ4n) is 5.42. The molecule has 3 heterocycles. The highest BCUT2D eigenvalue weighted by Gasteiger charge is 2.49. The van der Waals surface area contributed by atoms with E-state index in [2.05, 4.69) is 10.1 Å². The molecular weight excluding hydrogens is 531 g/mol. The van der Waals surface area contributed by atoms with Crippen LogP contribution >= 0.6 is 11.6 Å². The predicted octanol–water partition coefficient (Wildman–Crippen LogP) is 5.88. The summed E-state index contributed by atoms with van der Waals surface area (Å²) in [6.45, 7) is 3.65. The molecule has 1 atom stereocenters. The zero-order valence-electron chi connectivity index (χ0n) is 21.7. The molecular formula is C31H24ClFN4O3. The van der Waals surface area contributed by atoms with Crippen LogP contribution in [0, 0.1) is 11.7 Å². The number of rotatable bonds is 6. The number of hydrogen-bond acceptors (Lipinski definition) is 4. The van der Waals surface area contributed by atoms with Gasteiger partial charge in [0.05, 0.1) is 23.5 Å². The van der Waals surface area contributed by atoms with E-state index in [0.717, 1.165) is 27.8 Å². The average Bonchev–Trinajstić information content (AvgIpc) is 3.57. The molecule has 0 fully saturated rings. The lowest BCUT2D eigenvalue weighted by Crippen LogP contribution is -2.35. The van der Waals surface area contributed by atoms with E-state index in [1.807, 2.05) is 25.1 Å². The molecule has 0 spiro atoms. The Morgan fingerprint density at radius 2 is 1.70 bits per heavy atom. The van der Waals surface area contributed by atoms with Crippen LogP contribution in [0.1, 0.15) is 30.5 Å². The Hall–Kier alpha value is -4.56. The van der Waals surface area contributed by atoms with Crippen molar-refractivity contribution in [1.82, 2.24) is 9.88 Å². The maximum atomic E-state index is 14.0. The van der Waals surface area contributed by atoms with Gasteiger partial charge < -0.3 is 4.98 Å². The van der Waals surface area contributed by atoms with Crippen LogP contribution < -0.4 is 5.01 Å². The van der Waals surface area contributed by atoms with Gasteiger partial charge in [-0.2, -0.15) is 10.1 Å². The van der Waals surface area contributed by atoms with E-state index in [1.165, 1.54) is 29.3 Å². The molecule has 6 rings (SSSR count). The van der Waals surface area contributed by atoms with Gasteiger partial charge in [0.2, 0.25) is 0 Å². The van der Waals surface area contributed by atoms with Crippen molar-refractivity contribution in [3.8, 4) is 0 Å². The van der Waals surface area contributed by atoms with Crippen LogP contribution in [0.4, 0.5) is 10.1 Å². The van der Waals surface area contributed by atoms with E-state index in [0.29, 0.717) is 27.5 Å². The standard InChI is InChI=1S/C31H24ClFN4O3/c1-3-19-5-4-6-23-24(15-34-28(19)23)26-27(30(39)36(29(26)38)16-18-7-11-21(33)12-8-18)25-17(2)35-37(31(25)40)22-13-9-20(32)10-14-22/h4-15,25,34H,3,16H2,1-2H3/t25-/m0/s1. The second-order valence-corrected chi connectivity index (χ2v) is 10.2. The lowest BCUT2D eigenvalue weighted by Gasteiger charge is -2.17. The van der Waals surface area contributed by atoms with Gasteiger partial charge in [-0.1, -0.05) is 48.9 Å². The molecule has 0 bridgehead atoms. The molecule has 3 amide bonds. The first-order valence-electron chi connectivity index (χ1n) is 12.9. The molecule has 1 aromatic heterocycles. The number of hydrogen-bond donors (Lipinski definition) is 1. The number of imide groups is 1. The van der Waals surface area contributed by atoms with Crippen molar-refractivity contribution >= 4 is 57.2 Å². The third kappa shape index (κ3) is 4.12. The highest BCUT2D eigenvalue weighted by molar-refractivity contribution is 6.40. The number of hydrazone groups is 1. The molecule has 40 heavy (non-hydrogen) atoms. The molecule has 7 nitrogen and oxygen atoms in total. The first-order chi connectivity index (χ1) is 19.3. The van der Waals surface area contributed by atoms with Crippen molar-refractivity contribution in [3.05, 3.63) is 106 Å². The molecule has 1 N–H and O–H groups in total. The number of aromatic amines is 1. The second kappa shape index (κ2) is 9.88. The molecule has 2 aliphatic heterocycles. The lowest BCUT2D eigenvalue weighted by molar-refractivity contribution is -0.138. The number of carbonyl (C=O) groups excluding carboxylic acids is 3. The zero-order chi connectivity index (χ0) is 28.1. The summed E-state index contributed by atoms with van der Waals surface area (Å²) in [7, 11) is 0. The Kier molecular flexibility index (Phi) is 6.35. The number of aromatic nitrogens is 1. The van der Waals surface area contributed by atoms with Gasteiger partial charge in [-0.15, -0.1) is 0 Å². The minimum Gasteiger partial charge on any atom is -0.360 e. The highest BCUT2D eigenvalue weighted by atomic mass is 35.5. The quantitative estimate of drug-likeness (QED) is 0.302. The number of nitrogens with zero attached hydrogens (tertiary/aromatic N) is 3. The van der Waals surface area contributed by atoms with Crippen LogP contribution in [0.5, 0.6) is 0 Å². The predicted molar refractivity (Wildman–Crippen MR) is 152 cm³/mol. The van der Waals surface area contributed by atoms with E-state index in [-0.39, 0.29) is 17.7 Å². The summed E-state index contributed by atoms with van der Waals surface area (Å²) in [6.07, 6.45) is 2.49. The number of benzene rings is 3. The maximum absolute atomic E-state index is 14.0. The third-order valence-corrected chi connectivity index (χ3v) is 7.65. The van der Waals surface area contributed by atoms with Gasteiger partial charge in [-0.25, -0.2) is 4.39 Å². The van der Waals surface area contributed by atoms with Gasteiger partial charge in [0.15, 0.2) is 0 Å². The van der Waals surface area contributed by atoms with Gasteiger partial charge >= 0.3 is 0 Å². The number of anilines is 1. The van der Waals surface area contributed by atoms with Gasteiger partial charge in [0.25, 0.3) is 17.7 Å². The van der Waals surface area contributed by atoms with Crippen LogP contribution in [-0.4, -0.2) is 33.3 Å². The van der Waals surface area contributed by atoms with Gasteiger partial charge in [-0.3, -0.25) is 19.3 Å². The minimum atomic E-state index is -1.06. The molecule has 0 radical (unpaired) electrons. The van der Waals surface area contributed by atoms with E-state index in [9.17, 15) is 18.8 Å². The molecule has 0 aliphatic carbocycles. The Morgan fingerprint density at radius 1 is 0.975 bits per heavy atom. The number of halogens is 2. The summed E-state index contributed by atoms with van der Waals surface area (Å²) < 4.78 is 13.5. The van der Waals surface area contributed by atoms with E-state index in [4.69, 9.17) is 11.6 Å². The average molecular weight is 555 g/mol. The van der Waals surface area contributed by atoms with Crippen molar-refractivity contribution in [2.24, 2.45) is 11.0 Å². The monoisotopic (exact) mass is 554 g/mol. The Morgan fingerprint density at radius 3 is 2.40 bits per heavy atom. The number of para-hydroxylation sites is 1. The molecule has 2 aliphatic rings. The van der Waals surface area contributed by atoms with E-state index < -0.39 is 29.5 Å².